The first-order valence-corrected chi connectivity index (χ1v) is 13.6. The fourth-order valence-electron chi connectivity index (χ4n) is 5.31. The van der Waals surface area contributed by atoms with Crippen molar-refractivity contribution in [3.63, 3.8) is 0 Å². The van der Waals surface area contributed by atoms with Gasteiger partial charge in [-0.2, -0.15) is 14.8 Å². The predicted octanol–water partition coefficient (Wildman–Crippen LogP) is 0.985. The van der Waals surface area contributed by atoms with Crippen LogP contribution in [0, 0.1) is 0 Å². The van der Waals surface area contributed by atoms with E-state index in [1.54, 1.807) is 11.6 Å². The first-order valence-electron chi connectivity index (χ1n) is 13.6. The number of anilines is 2. The summed E-state index contributed by atoms with van der Waals surface area (Å²) in [5, 5.41) is 19.0. The molecule has 3 aromatic rings. The molecule has 0 aromatic carbocycles. The van der Waals surface area contributed by atoms with E-state index >= 15 is 0 Å². The van der Waals surface area contributed by atoms with Gasteiger partial charge in [-0.15, -0.1) is 10.2 Å². The first kappa shape index (κ1) is 27.6. The van der Waals surface area contributed by atoms with E-state index in [2.05, 4.69) is 44.9 Å². The van der Waals surface area contributed by atoms with E-state index < -0.39 is 24.5 Å². The highest BCUT2D eigenvalue weighted by molar-refractivity contribution is 5.84. The summed E-state index contributed by atoms with van der Waals surface area (Å²) in [6, 6.07) is 0.568. The molecule has 0 radical (unpaired) electrons. The number of rotatable bonds is 12. The van der Waals surface area contributed by atoms with E-state index in [4.69, 9.17) is 29.9 Å². The number of hydrogen-bond acceptors (Lipinski definition) is 14. The van der Waals surface area contributed by atoms with Crippen LogP contribution in [0.4, 0.5) is 11.8 Å². The number of aryl methyl sites for hydroxylation is 1. The van der Waals surface area contributed by atoms with Gasteiger partial charge in [-0.25, -0.2) is 4.98 Å². The lowest BCUT2D eigenvalue weighted by atomic mass is 9.92. The van der Waals surface area contributed by atoms with Gasteiger partial charge in [-0.3, -0.25) is 14.2 Å². The molecule has 1 saturated carbocycles. The molecule has 40 heavy (non-hydrogen) atoms. The number of ether oxygens (including phenoxy) is 3. The zero-order chi connectivity index (χ0) is 28.2. The topological polar surface area (TPSA) is 199 Å². The van der Waals surface area contributed by atoms with E-state index in [0.717, 1.165) is 38.5 Å². The average Bonchev–Trinajstić information content (AvgIpc) is 3.66. The highest BCUT2D eigenvalue weighted by atomic mass is 16.6. The van der Waals surface area contributed by atoms with Gasteiger partial charge in [0, 0.05) is 18.1 Å². The Hall–Kier alpha value is -3.92. The lowest BCUT2D eigenvalue weighted by Crippen LogP contribution is -2.34. The van der Waals surface area contributed by atoms with E-state index in [9.17, 15) is 9.59 Å². The van der Waals surface area contributed by atoms with Gasteiger partial charge in [0.1, 0.15) is 0 Å². The summed E-state index contributed by atoms with van der Waals surface area (Å²) >= 11 is 0. The maximum absolute atomic E-state index is 11.5. The minimum absolute atomic E-state index is 0.171. The molecule has 2 aliphatic rings. The Morgan fingerprint density at radius 3 is 2.50 bits per heavy atom. The van der Waals surface area contributed by atoms with Crippen molar-refractivity contribution in [2.75, 3.05) is 10.6 Å². The molecule has 0 unspecified atom stereocenters. The van der Waals surface area contributed by atoms with Gasteiger partial charge in [0.2, 0.25) is 11.8 Å². The molecule has 2 fully saturated rings. The Balaban J connectivity index is 1.55. The molecule has 3 aromatic heterocycles. The Morgan fingerprint density at radius 2 is 1.85 bits per heavy atom. The zero-order valence-electron chi connectivity index (χ0n) is 22.7. The number of nitrogens with two attached hydrogens (primary N) is 1. The van der Waals surface area contributed by atoms with Crippen molar-refractivity contribution < 1.29 is 23.8 Å². The standard InChI is InChI=1S/C24H35N11O5/c1-4-14(5-2)27-20-16-22(30-24(29-20)28-15-8-6-13(25)7-9-15)35(10-26-16)23-19(39-12-37)17(38-11-36)18(40-23)21-31-33-34(3)32-21/h10-15,17-19,23H,4-9,25H2,1-3H3,(H2,27,28,29,30)/t13?,15?,17-,18+,19-,23-/m1/s1. The molecule has 0 spiro atoms. The molecule has 16 heteroatoms. The second-order valence-corrected chi connectivity index (χ2v) is 10.1. The number of aromatic nitrogens is 8. The molecule has 5 rings (SSSR count). The quantitative estimate of drug-likeness (QED) is 0.266. The Labute approximate surface area is 230 Å². The SMILES string of the molecule is CCC(CC)Nc1nc(NC2CCC(N)CC2)nc2c1ncn2[C@@H]1O[C@H](c2nnn(C)n2)[C@@H](OC=O)[C@H]1OC=O. The first-order chi connectivity index (χ1) is 19.4. The fourth-order valence-corrected chi connectivity index (χ4v) is 5.31. The summed E-state index contributed by atoms with van der Waals surface area (Å²) in [4.78, 5) is 38.4. The maximum atomic E-state index is 11.5. The van der Waals surface area contributed by atoms with Crippen molar-refractivity contribution in [2.24, 2.45) is 12.8 Å². The van der Waals surface area contributed by atoms with E-state index in [1.807, 2.05) is 0 Å². The Bertz CT molecular complexity index is 1300. The minimum Gasteiger partial charge on any atom is -0.457 e. The highest BCUT2D eigenvalue weighted by Crippen LogP contribution is 2.42. The summed E-state index contributed by atoms with van der Waals surface area (Å²) in [5.74, 6) is 1.18. The molecule has 0 amide bonds. The average molecular weight is 558 g/mol. The minimum atomic E-state index is -1.05. The third kappa shape index (κ3) is 5.54. The molecule has 4 atom stereocenters. The molecule has 216 valence electrons. The van der Waals surface area contributed by atoms with Crippen LogP contribution in [-0.4, -0.2) is 83.0 Å². The number of nitrogens with zero attached hydrogens (tertiary/aromatic N) is 8. The van der Waals surface area contributed by atoms with Gasteiger partial charge in [0.05, 0.1) is 13.4 Å². The van der Waals surface area contributed by atoms with Crippen LogP contribution in [0.25, 0.3) is 11.2 Å². The van der Waals surface area contributed by atoms with Gasteiger partial charge < -0.3 is 30.6 Å². The molecule has 1 aliphatic carbocycles. The van der Waals surface area contributed by atoms with Gasteiger partial charge in [0.15, 0.2) is 41.5 Å². The molecule has 1 saturated heterocycles. The molecule has 0 bridgehead atoms. The van der Waals surface area contributed by atoms with Crippen LogP contribution >= 0.6 is 0 Å². The Kier molecular flexibility index (Phi) is 8.35. The number of tetrazole rings is 1. The summed E-state index contributed by atoms with van der Waals surface area (Å²) in [6.45, 7) is 4.75. The van der Waals surface area contributed by atoms with Crippen LogP contribution in [0.5, 0.6) is 0 Å². The van der Waals surface area contributed by atoms with E-state index in [1.165, 1.54) is 11.1 Å². The van der Waals surface area contributed by atoms with Crippen molar-refractivity contribution in [1.82, 2.24) is 39.7 Å². The van der Waals surface area contributed by atoms with Crippen LogP contribution in [-0.2, 0) is 30.8 Å². The second kappa shape index (κ2) is 12.1. The summed E-state index contributed by atoms with van der Waals surface area (Å²) < 4.78 is 18.6. The molecule has 4 heterocycles. The molecular weight excluding hydrogens is 522 g/mol. The van der Waals surface area contributed by atoms with Crippen molar-refractivity contribution in [3.8, 4) is 0 Å². The van der Waals surface area contributed by atoms with Gasteiger partial charge in [0.25, 0.3) is 12.9 Å². The summed E-state index contributed by atoms with van der Waals surface area (Å²) in [7, 11) is 1.60. The number of carbonyl (C=O) groups is 2. The van der Waals surface area contributed by atoms with Crippen molar-refractivity contribution in [1.29, 1.82) is 0 Å². The highest BCUT2D eigenvalue weighted by Gasteiger charge is 2.52. The smallest absolute Gasteiger partial charge is 0.293 e. The van der Waals surface area contributed by atoms with Crippen LogP contribution in [0.1, 0.15) is 70.5 Å². The number of hydrogen-bond donors (Lipinski definition) is 3. The fraction of sp³-hybridized carbons (Fsp3) is 0.667. The van der Waals surface area contributed by atoms with Gasteiger partial charge >= 0.3 is 0 Å². The monoisotopic (exact) mass is 557 g/mol. The molecular formula is C24H35N11O5. The molecule has 4 N–H and O–H groups in total. The van der Waals surface area contributed by atoms with Crippen LogP contribution in [0.2, 0.25) is 0 Å². The number of fused-ring (bicyclic) bond motifs is 1. The lowest BCUT2D eigenvalue weighted by Gasteiger charge is -2.27. The maximum Gasteiger partial charge on any atom is 0.293 e. The van der Waals surface area contributed by atoms with E-state index in [0.29, 0.717) is 22.9 Å². The van der Waals surface area contributed by atoms with Gasteiger partial charge in [-0.1, -0.05) is 13.8 Å². The third-order valence-corrected chi connectivity index (χ3v) is 7.52. The predicted molar refractivity (Wildman–Crippen MR) is 141 cm³/mol. The number of imidazole rings is 1. The van der Waals surface area contributed by atoms with Crippen LogP contribution < -0.4 is 16.4 Å². The van der Waals surface area contributed by atoms with Crippen molar-refractivity contribution in [3.05, 3.63) is 12.2 Å². The van der Waals surface area contributed by atoms with Gasteiger partial charge in [-0.05, 0) is 43.7 Å². The lowest BCUT2D eigenvalue weighted by molar-refractivity contribution is -0.151. The van der Waals surface area contributed by atoms with Crippen LogP contribution in [0.15, 0.2) is 6.33 Å². The zero-order valence-corrected chi connectivity index (χ0v) is 22.7. The Morgan fingerprint density at radius 1 is 1.12 bits per heavy atom. The van der Waals surface area contributed by atoms with Crippen LogP contribution in [0.3, 0.4) is 0 Å². The number of nitrogens with one attached hydrogen (secondary N) is 2. The van der Waals surface area contributed by atoms with Crippen molar-refractivity contribution >= 4 is 35.9 Å². The molecule has 16 nitrogen and oxygen atoms in total. The third-order valence-electron chi connectivity index (χ3n) is 7.52. The largest absolute Gasteiger partial charge is 0.457 e. The molecule has 1 aliphatic heterocycles. The second-order valence-electron chi connectivity index (χ2n) is 10.1. The summed E-state index contributed by atoms with van der Waals surface area (Å²) in [6.07, 6.45) is 2.99. The van der Waals surface area contributed by atoms with Crippen molar-refractivity contribution in [2.45, 2.75) is 95.0 Å². The summed E-state index contributed by atoms with van der Waals surface area (Å²) in [5.41, 5.74) is 7.06. The van der Waals surface area contributed by atoms with E-state index in [-0.39, 0.29) is 36.9 Å². The normalized spacial score (nSPS) is 26.6. The number of carbonyl (C=O) groups excluding carboxylic acids is 2.